The van der Waals surface area contributed by atoms with Crippen LogP contribution in [0.5, 0.6) is 0 Å². The minimum absolute atomic E-state index is 0.0762. The molecule has 2 aliphatic rings. The Morgan fingerprint density at radius 2 is 1.95 bits per heavy atom. The molecule has 2 atom stereocenters. The van der Waals surface area contributed by atoms with Gasteiger partial charge in [0.25, 0.3) is 0 Å². The monoisotopic (exact) mass is 262 g/mol. The maximum Gasteiger partial charge on any atom is 0.169 e. The van der Waals surface area contributed by atoms with E-state index in [0.717, 1.165) is 31.2 Å². The van der Waals surface area contributed by atoms with Crippen molar-refractivity contribution in [2.75, 3.05) is 0 Å². The Bertz CT molecular complexity index is 475. The molecule has 2 saturated heterocycles. The summed E-state index contributed by atoms with van der Waals surface area (Å²) in [7, 11) is 0. The normalized spacial score (nSPS) is 30.6. The van der Waals surface area contributed by atoms with Gasteiger partial charge in [0.2, 0.25) is 0 Å². The Kier molecular flexibility index (Phi) is 3.01. The number of aromatic nitrogens is 2. The molecule has 0 N–H and O–H groups in total. The zero-order valence-corrected chi connectivity index (χ0v) is 11.9. The number of hydrogen-bond acceptors (Lipinski definition) is 3. The molecule has 2 unspecified atom stereocenters. The van der Waals surface area contributed by atoms with Crippen LogP contribution in [0, 0.1) is 5.92 Å². The molecule has 4 heteroatoms. The van der Waals surface area contributed by atoms with Crippen molar-refractivity contribution < 1.29 is 9.53 Å². The number of fused-ring (bicyclic) bond motifs is 2. The van der Waals surface area contributed by atoms with Crippen LogP contribution in [0.4, 0.5) is 0 Å². The highest BCUT2D eigenvalue weighted by atomic mass is 16.5. The molecule has 0 spiro atoms. The van der Waals surface area contributed by atoms with Gasteiger partial charge in [0.1, 0.15) is 0 Å². The van der Waals surface area contributed by atoms with Crippen LogP contribution in [0.15, 0.2) is 12.4 Å². The summed E-state index contributed by atoms with van der Waals surface area (Å²) in [6.07, 6.45) is 8.23. The van der Waals surface area contributed by atoms with Crippen molar-refractivity contribution in [2.45, 2.75) is 64.2 Å². The van der Waals surface area contributed by atoms with Crippen LogP contribution in [-0.2, 0) is 10.3 Å². The molecular formula is C15H22N2O2. The molecule has 0 aliphatic carbocycles. The molecule has 3 rings (SSSR count). The topological polar surface area (TPSA) is 44.1 Å². The fourth-order valence-corrected chi connectivity index (χ4v) is 3.12. The maximum absolute atomic E-state index is 12.6. The van der Waals surface area contributed by atoms with Gasteiger partial charge in [-0.2, -0.15) is 5.10 Å². The predicted octanol–water partition coefficient (Wildman–Crippen LogP) is 2.78. The predicted molar refractivity (Wildman–Crippen MR) is 72.2 cm³/mol. The van der Waals surface area contributed by atoms with E-state index in [1.54, 1.807) is 6.20 Å². The van der Waals surface area contributed by atoms with Gasteiger partial charge in [-0.05, 0) is 46.5 Å². The third-order valence-corrected chi connectivity index (χ3v) is 4.22. The molecule has 1 aromatic rings. The maximum atomic E-state index is 12.6. The fourth-order valence-electron chi connectivity index (χ4n) is 3.12. The molecule has 4 nitrogen and oxygen atoms in total. The SMILES string of the molecule is CC(C)(C)n1cc(C(=O)C2CC3CCC(C2)O3)cn1. The average molecular weight is 262 g/mol. The first-order valence-electron chi connectivity index (χ1n) is 7.18. The lowest BCUT2D eigenvalue weighted by Crippen LogP contribution is -2.30. The number of rotatable bonds is 2. The van der Waals surface area contributed by atoms with Gasteiger partial charge in [0.15, 0.2) is 5.78 Å². The summed E-state index contributed by atoms with van der Waals surface area (Å²) in [4.78, 5) is 12.6. The van der Waals surface area contributed by atoms with Gasteiger partial charge in [0, 0.05) is 12.1 Å². The minimum Gasteiger partial charge on any atom is -0.375 e. The summed E-state index contributed by atoms with van der Waals surface area (Å²) >= 11 is 0. The molecule has 1 aromatic heterocycles. The Morgan fingerprint density at radius 3 is 2.47 bits per heavy atom. The molecule has 104 valence electrons. The summed E-state index contributed by atoms with van der Waals surface area (Å²) < 4.78 is 7.67. The fraction of sp³-hybridized carbons (Fsp3) is 0.733. The van der Waals surface area contributed by atoms with E-state index in [4.69, 9.17) is 4.74 Å². The van der Waals surface area contributed by atoms with E-state index < -0.39 is 0 Å². The number of nitrogens with zero attached hydrogens (tertiary/aromatic N) is 2. The summed E-state index contributed by atoms with van der Waals surface area (Å²) in [6, 6.07) is 0. The van der Waals surface area contributed by atoms with Gasteiger partial charge in [-0.15, -0.1) is 0 Å². The highest BCUT2D eigenvalue weighted by Gasteiger charge is 2.38. The molecular weight excluding hydrogens is 240 g/mol. The third kappa shape index (κ3) is 2.46. The quantitative estimate of drug-likeness (QED) is 0.770. The van der Waals surface area contributed by atoms with E-state index in [-0.39, 0.29) is 17.2 Å². The summed E-state index contributed by atoms with van der Waals surface area (Å²) in [5.74, 6) is 0.375. The van der Waals surface area contributed by atoms with Crippen LogP contribution in [0.3, 0.4) is 0 Å². The van der Waals surface area contributed by atoms with Crippen molar-refractivity contribution in [3.05, 3.63) is 18.0 Å². The lowest BCUT2D eigenvalue weighted by atomic mass is 9.89. The van der Waals surface area contributed by atoms with E-state index >= 15 is 0 Å². The Hall–Kier alpha value is -1.16. The van der Waals surface area contributed by atoms with Gasteiger partial charge in [-0.25, -0.2) is 0 Å². The van der Waals surface area contributed by atoms with Crippen molar-refractivity contribution in [2.24, 2.45) is 5.92 Å². The van der Waals surface area contributed by atoms with Gasteiger partial charge < -0.3 is 4.74 Å². The van der Waals surface area contributed by atoms with Crippen LogP contribution >= 0.6 is 0 Å². The molecule has 0 amide bonds. The Balaban J connectivity index is 1.75. The van der Waals surface area contributed by atoms with Crippen LogP contribution in [0.2, 0.25) is 0 Å². The third-order valence-electron chi connectivity index (χ3n) is 4.22. The van der Waals surface area contributed by atoms with Crippen molar-refractivity contribution in [1.82, 2.24) is 9.78 Å². The smallest absolute Gasteiger partial charge is 0.169 e. The van der Waals surface area contributed by atoms with Crippen LogP contribution in [0.25, 0.3) is 0 Å². The zero-order valence-electron chi connectivity index (χ0n) is 11.9. The van der Waals surface area contributed by atoms with Crippen molar-refractivity contribution >= 4 is 5.78 Å². The van der Waals surface area contributed by atoms with Crippen molar-refractivity contribution in [3.8, 4) is 0 Å². The minimum atomic E-state index is -0.0762. The highest BCUT2D eigenvalue weighted by Crippen LogP contribution is 2.37. The lowest BCUT2D eigenvalue weighted by molar-refractivity contribution is -0.0149. The first-order valence-corrected chi connectivity index (χ1v) is 7.18. The second-order valence-electron chi connectivity index (χ2n) is 6.83. The van der Waals surface area contributed by atoms with Gasteiger partial charge >= 0.3 is 0 Å². The Labute approximate surface area is 114 Å². The highest BCUT2D eigenvalue weighted by molar-refractivity contribution is 5.97. The summed E-state index contributed by atoms with van der Waals surface area (Å²) in [5.41, 5.74) is 0.675. The van der Waals surface area contributed by atoms with E-state index in [2.05, 4.69) is 25.9 Å². The zero-order chi connectivity index (χ0) is 13.6. The van der Waals surface area contributed by atoms with E-state index in [0.29, 0.717) is 12.2 Å². The number of hydrogen-bond donors (Lipinski definition) is 0. The van der Waals surface area contributed by atoms with Gasteiger partial charge in [-0.3, -0.25) is 9.48 Å². The second-order valence-corrected chi connectivity index (χ2v) is 6.83. The summed E-state index contributed by atoms with van der Waals surface area (Å²) in [5, 5.41) is 4.32. The van der Waals surface area contributed by atoms with E-state index in [9.17, 15) is 4.79 Å². The Morgan fingerprint density at radius 1 is 1.32 bits per heavy atom. The van der Waals surface area contributed by atoms with Crippen molar-refractivity contribution in [1.29, 1.82) is 0 Å². The molecule has 2 bridgehead atoms. The first-order chi connectivity index (χ1) is 8.93. The number of Topliss-reactive ketones (excluding diaryl/α,β-unsaturated/α-hetero) is 1. The van der Waals surface area contributed by atoms with Gasteiger partial charge in [-0.1, -0.05) is 0 Å². The molecule has 2 fully saturated rings. The molecule has 2 aliphatic heterocycles. The van der Waals surface area contributed by atoms with Crippen LogP contribution < -0.4 is 0 Å². The molecule has 0 saturated carbocycles. The summed E-state index contributed by atoms with van der Waals surface area (Å²) in [6.45, 7) is 6.26. The number of ether oxygens (including phenoxy) is 1. The lowest BCUT2D eigenvalue weighted by Gasteiger charge is -2.27. The first kappa shape index (κ1) is 12.9. The standard InChI is InChI=1S/C15H22N2O2/c1-15(2,3)17-9-11(8-16-17)14(18)10-6-12-4-5-13(7-10)19-12/h8-10,12-13H,4-7H2,1-3H3. The second kappa shape index (κ2) is 4.44. The van der Waals surface area contributed by atoms with Gasteiger partial charge in [0.05, 0.1) is 29.5 Å². The largest absolute Gasteiger partial charge is 0.375 e. The molecule has 3 heterocycles. The van der Waals surface area contributed by atoms with E-state index in [1.807, 2.05) is 10.9 Å². The van der Waals surface area contributed by atoms with Crippen LogP contribution in [-0.4, -0.2) is 27.8 Å². The number of carbonyl (C=O) groups is 1. The molecule has 0 aromatic carbocycles. The van der Waals surface area contributed by atoms with Crippen molar-refractivity contribution in [3.63, 3.8) is 0 Å². The van der Waals surface area contributed by atoms with E-state index in [1.165, 1.54) is 0 Å². The average Bonchev–Trinajstić information content (AvgIpc) is 2.95. The molecule has 19 heavy (non-hydrogen) atoms. The molecule has 0 radical (unpaired) electrons. The van der Waals surface area contributed by atoms with Crippen LogP contribution in [0.1, 0.15) is 56.8 Å². The number of ketones is 1. The number of carbonyl (C=O) groups excluding carboxylic acids is 1.